The molecular formula is C23H23N3O3. The van der Waals surface area contributed by atoms with Crippen LogP contribution in [-0.4, -0.2) is 32.5 Å². The normalized spacial score (nSPS) is 13.2. The molecule has 1 aromatic heterocycles. The lowest BCUT2D eigenvalue weighted by molar-refractivity contribution is -0.137. The Morgan fingerprint density at radius 2 is 1.86 bits per heavy atom. The van der Waals surface area contributed by atoms with Gasteiger partial charge in [-0.25, -0.2) is 9.97 Å². The van der Waals surface area contributed by atoms with Crippen molar-refractivity contribution >= 4 is 5.97 Å². The fourth-order valence-electron chi connectivity index (χ4n) is 3.41. The molecule has 0 amide bonds. The van der Waals surface area contributed by atoms with Crippen molar-refractivity contribution in [3.8, 4) is 17.1 Å². The molecule has 1 aliphatic heterocycles. The van der Waals surface area contributed by atoms with Crippen LogP contribution in [0.15, 0.2) is 60.8 Å². The van der Waals surface area contributed by atoms with Gasteiger partial charge in [-0.05, 0) is 42.8 Å². The van der Waals surface area contributed by atoms with Gasteiger partial charge in [0.2, 0.25) is 0 Å². The molecule has 2 heterocycles. The number of fused-ring (bicyclic) bond motifs is 1. The number of carboxylic acids is 1. The second-order valence-electron chi connectivity index (χ2n) is 7.17. The Hall–Kier alpha value is -3.25. The average molecular weight is 389 g/mol. The highest BCUT2D eigenvalue weighted by Crippen LogP contribution is 2.25. The topological polar surface area (TPSA) is 75.5 Å². The van der Waals surface area contributed by atoms with E-state index in [0.29, 0.717) is 18.9 Å². The molecule has 148 valence electrons. The number of aromatic nitrogens is 2. The Morgan fingerprint density at radius 3 is 2.62 bits per heavy atom. The summed E-state index contributed by atoms with van der Waals surface area (Å²) in [4.78, 5) is 22.1. The van der Waals surface area contributed by atoms with Crippen molar-refractivity contribution in [2.75, 3.05) is 6.54 Å². The Labute approximate surface area is 169 Å². The average Bonchev–Trinajstić information content (AvgIpc) is 3.15. The fourth-order valence-corrected chi connectivity index (χ4v) is 3.41. The van der Waals surface area contributed by atoms with Gasteiger partial charge in [0, 0.05) is 36.8 Å². The number of carbonyl (C=O) groups is 1. The summed E-state index contributed by atoms with van der Waals surface area (Å²) in [5.74, 6) is 0.758. The third-order valence-electron chi connectivity index (χ3n) is 4.95. The number of nitrogens with zero attached hydrogens (tertiary/aromatic N) is 3. The highest BCUT2D eigenvalue weighted by atomic mass is 16.5. The van der Waals surface area contributed by atoms with E-state index < -0.39 is 5.97 Å². The Bertz CT molecular complexity index is 974. The number of hydrogen-bond donors (Lipinski definition) is 1. The summed E-state index contributed by atoms with van der Waals surface area (Å²) in [6, 6.07) is 17.9. The maximum absolute atomic E-state index is 10.7. The van der Waals surface area contributed by atoms with Crippen molar-refractivity contribution in [1.29, 1.82) is 0 Å². The van der Waals surface area contributed by atoms with Gasteiger partial charge < -0.3 is 9.84 Å². The van der Waals surface area contributed by atoms with Gasteiger partial charge in [0.15, 0.2) is 5.82 Å². The summed E-state index contributed by atoms with van der Waals surface area (Å²) in [5.41, 5.74) is 4.22. The molecular weight excluding hydrogens is 366 g/mol. The van der Waals surface area contributed by atoms with Gasteiger partial charge in [-0.3, -0.25) is 9.69 Å². The Kier molecular flexibility index (Phi) is 5.81. The Balaban J connectivity index is 1.37. The molecule has 0 fully saturated rings. The molecule has 0 spiro atoms. The molecule has 0 unspecified atom stereocenters. The molecule has 0 saturated carbocycles. The highest BCUT2D eigenvalue weighted by molar-refractivity contribution is 5.66. The lowest BCUT2D eigenvalue weighted by Gasteiger charge is -2.12. The van der Waals surface area contributed by atoms with Crippen molar-refractivity contribution in [2.24, 2.45) is 0 Å². The predicted molar refractivity (Wildman–Crippen MR) is 109 cm³/mol. The summed E-state index contributed by atoms with van der Waals surface area (Å²) in [6.07, 6.45) is 2.73. The third-order valence-corrected chi connectivity index (χ3v) is 4.95. The van der Waals surface area contributed by atoms with E-state index in [0.717, 1.165) is 47.8 Å². The van der Waals surface area contributed by atoms with Gasteiger partial charge in [-0.2, -0.15) is 0 Å². The molecule has 0 aliphatic carbocycles. The molecule has 0 bridgehead atoms. The lowest BCUT2D eigenvalue weighted by atomic mass is 10.2. The SMILES string of the molecule is O=C(O)CCCN1Cc2cnc(-c3ccc(OCc4ccccc4)cc3)nc2C1. The van der Waals surface area contributed by atoms with Crippen molar-refractivity contribution in [3.63, 3.8) is 0 Å². The summed E-state index contributed by atoms with van der Waals surface area (Å²) in [7, 11) is 0. The number of ether oxygens (including phenoxy) is 1. The van der Waals surface area contributed by atoms with Crippen LogP contribution in [-0.2, 0) is 24.5 Å². The van der Waals surface area contributed by atoms with E-state index >= 15 is 0 Å². The molecule has 29 heavy (non-hydrogen) atoms. The molecule has 4 rings (SSSR count). The molecule has 2 aromatic carbocycles. The maximum Gasteiger partial charge on any atom is 0.303 e. The van der Waals surface area contributed by atoms with Crippen LogP contribution < -0.4 is 4.74 Å². The fraction of sp³-hybridized carbons (Fsp3) is 0.261. The predicted octanol–water partition coefficient (Wildman–Crippen LogP) is 3.90. The van der Waals surface area contributed by atoms with Gasteiger partial charge in [-0.1, -0.05) is 30.3 Å². The first-order valence-electron chi connectivity index (χ1n) is 9.73. The first kappa shape index (κ1) is 19.1. The summed E-state index contributed by atoms with van der Waals surface area (Å²) in [5, 5.41) is 8.78. The number of aliphatic carboxylic acids is 1. The van der Waals surface area contributed by atoms with Crippen LogP contribution in [0, 0.1) is 0 Å². The van der Waals surface area contributed by atoms with Gasteiger partial charge in [0.1, 0.15) is 12.4 Å². The first-order chi connectivity index (χ1) is 14.2. The van der Waals surface area contributed by atoms with Crippen molar-refractivity contribution < 1.29 is 14.6 Å². The van der Waals surface area contributed by atoms with E-state index in [1.807, 2.05) is 60.8 Å². The molecule has 0 radical (unpaired) electrons. The Morgan fingerprint density at radius 1 is 1.07 bits per heavy atom. The van der Waals surface area contributed by atoms with E-state index in [4.69, 9.17) is 14.8 Å². The standard InChI is InChI=1S/C23H23N3O3/c27-22(28)7-4-12-26-14-19-13-24-23(25-21(19)15-26)18-8-10-20(11-9-18)29-16-17-5-2-1-3-6-17/h1-3,5-6,8-11,13H,4,7,12,14-16H2,(H,27,28). The minimum absolute atomic E-state index is 0.197. The van der Waals surface area contributed by atoms with Crippen LogP contribution in [0.3, 0.4) is 0 Å². The zero-order valence-corrected chi connectivity index (χ0v) is 16.1. The first-order valence-corrected chi connectivity index (χ1v) is 9.73. The van der Waals surface area contributed by atoms with E-state index in [1.165, 1.54) is 0 Å². The van der Waals surface area contributed by atoms with E-state index in [9.17, 15) is 4.79 Å². The molecule has 6 nitrogen and oxygen atoms in total. The van der Waals surface area contributed by atoms with Crippen LogP contribution in [0.4, 0.5) is 0 Å². The molecule has 0 saturated heterocycles. The van der Waals surface area contributed by atoms with Gasteiger partial charge >= 0.3 is 5.97 Å². The summed E-state index contributed by atoms with van der Waals surface area (Å²) < 4.78 is 5.84. The second kappa shape index (κ2) is 8.84. The lowest BCUT2D eigenvalue weighted by Crippen LogP contribution is -2.18. The van der Waals surface area contributed by atoms with E-state index in [1.54, 1.807) is 0 Å². The number of carboxylic acid groups (broad SMARTS) is 1. The van der Waals surface area contributed by atoms with E-state index in [2.05, 4.69) is 9.88 Å². The van der Waals surface area contributed by atoms with Crippen LogP contribution in [0.2, 0.25) is 0 Å². The maximum atomic E-state index is 10.7. The van der Waals surface area contributed by atoms with Crippen LogP contribution in [0.1, 0.15) is 29.7 Å². The van der Waals surface area contributed by atoms with Crippen molar-refractivity contribution in [1.82, 2.24) is 14.9 Å². The summed E-state index contributed by atoms with van der Waals surface area (Å²) >= 11 is 0. The number of rotatable bonds is 8. The summed E-state index contributed by atoms with van der Waals surface area (Å²) in [6.45, 7) is 2.81. The van der Waals surface area contributed by atoms with Crippen molar-refractivity contribution in [3.05, 3.63) is 77.6 Å². The monoisotopic (exact) mass is 389 g/mol. The van der Waals surface area contributed by atoms with Gasteiger partial charge in [0.25, 0.3) is 0 Å². The molecule has 1 aliphatic rings. The smallest absolute Gasteiger partial charge is 0.303 e. The highest BCUT2D eigenvalue weighted by Gasteiger charge is 2.21. The molecule has 3 aromatic rings. The minimum atomic E-state index is -0.750. The molecule has 1 N–H and O–H groups in total. The third kappa shape index (κ3) is 4.97. The second-order valence-corrected chi connectivity index (χ2v) is 7.17. The number of hydrogen-bond acceptors (Lipinski definition) is 5. The zero-order chi connectivity index (χ0) is 20.1. The van der Waals surface area contributed by atoms with E-state index in [-0.39, 0.29) is 6.42 Å². The van der Waals surface area contributed by atoms with Crippen LogP contribution >= 0.6 is 0 Å². The van der Waals surface area contributed by atoms with Gasteiger partial charge in [-0.15, -0.1) is 0 Å². The zero-order valence-electron chi connectivity index (χ0n) is 16.1. The largest absolute Gasteiger partial charge is 0.489 e. The quantitative estimate of drug-likeness (QED) is 0.630. The minimum Gasteiger partial charge on any atom is -0.489 e. The van der Waals surface area contributed by atoms with Crippen LogP contribution in [0.5, 0.6) is 5.75 Å². The number of benzene rings is 2. The van der Waals surface area contributed by atoms with Gasteiger partial charge in [0.05, 0.1) is 5.69 Å². The van der Waals surface area contributed by atoms with Crippen molar-refractivity contribution in [2.45, 2.75) is 32.5 Å². The molecule has 6 heteroatoms. The molecule has 0 atom stereocenters. The van der Waals surface area contributed by atoms with Crippen LogP contribution in [0.25, 0.3) is 11.4 Å².